The highest BCUT2D eigenvalue weighted by atomic mass is 35.5. The quantitative estimate of drug-likeness (QED) is 0.274. The van der Waals surface area contributed by atoms with Gasteiger partial charge in [0.05, 0.1) is 0 Å². The van der Waals surface area contributed by atoms with Crippen molar-refractivity contribution in [3.05, 3.63) is 22.7 Å². The minimum Gasteiger partial charge on any atom is -0.325 e. The molecule has 0 saturated carbocycles. The Morgan fingerprint density at radius 2 is 1.20 bits per heavy atom. The molecule has 0 spiro atoms. The molecule has 0 aromatic carbocycles. The molecule has 0 unspecified atom stereocenters. The van der Waals surface area contributed by atoms with E-state index in [2.05, 4.69) is 47.4 Å². The van der Waals surface area contributed by atoms with Crippen molar-refractivity contribution in [2.24, 2.45) is 0 Å². The highest BCUT2D eigenvalue weighted by Gasteiger charge is 1.96. The van der Waals surface area contributed by atoms with Crippen molar-refractivity contribution >= 4 is 48.7 Å². The largest absolute Gasteiger partial charge is 0.325 e. The van der Waals surface area contributed by atoms with Gasteiger partial charge in [0.25, 0.3) is 0 Å². The number of aromatic nitrogens is 2. The van der Waals surface area contributed by atoms with Gasteiger partial charge < -0.3 is 29.4 Å². The third-order valence-electron chi connectivity index (χ3n) is 1.19. The molecule has 0 atom stereocenters. The summed E-state index contributed by atoms with van der Waals surface area (Å²) in [5.74, 6) is 0.810. The fourth-order valence-corrected chi connectivity index (χ4v) is 1.00. The molecule has 0 amide bonds. The molecule has 6 N–H and O–H groups in total. The summed E-state index contributed by atoms with van der Waals surface area (Å²) in [6, 6.07) is 1.75. The number of aryl methyl sites for hydroxylation is 2. The van der Waals surface area contributed by atoms with Gasteiger partial charge in [0, 0.05) is 12.1 Å². The van der Waals surface area contributed by atoms with Gasteiger partial charge in [0.15, 0.2) is 0 Å². The Bertz CT molecular complexity index is 472. The standard InChI is InChI=1S/C7H9ClN2.C3H8.C2H6.2H3O3PS/c1-3-7-9-5(2)4-6(8)10-7;1-3-2;1-2;2*1-4(2,3)5/h4H,3H2,1-2H3;3H2,1-2H3;1-2H3;2*(H3,1,2,3,5). The first-order valence-corrected chi connectivity index (χ1v) is 12.9. The van der Waals surface area contributed by atoms with Crippen molar-refractivity contribution in [2.75, 3.05) is 0 Å². The average molecular weight is 459 g/mol. The number of rotatable bonds is 1. The number of hydrogen-bond donors (Lipinski definition) is 6. The molecule has 0 bridgehead atoms. The van der Waals surface area contributed by atoms with Crippen LogP contribution in [0.15, 0.2) is 6.07 Å². The van der Waals surface area contributed by atoms with Crippen LogP contribution in [0, 0.1) is 6.92 Å². The highest BCUT2D eigenvalue weighted by Crippen LogP contribution is 2.26. The van der Waals surface area contributed by atoms with Crippen LogP contribution < -0.4 is 0 Å². The zero-order valence-electron chi connectivity index (χ0n) is 15.2. The first kappa shape index (κ1) is 33.0. The number of nitrogens with zero attached hydrogens (tertiary/aromatic N) is 2. The van der Waals surface area contributed by atoms with E-state index >= 15 is 0 Å². The van der Waals surface area contributed by atoms with Gasteiger partial charge in [-0.1, -0.05) is 52.6 Å². The second-order valence-electron chi connectivity index (χ2n) is 3.84. The molecule has 1 aromatic rings. The molecule has 0 saturated heterocycles. The molecule has 152 valence electrons. The maximum atomic E-state index is 7.56. The van der Waals surface area contributed by atoms with E-state index in [-0.39, 0.29) is 0 Å². The molecule has 25 heavy (non-hydrogen) atoms. The van der Waals surface area contributed by atoms with Gasteiger partial charge in [-0.05, 0) is 36.6 Å². The van der Waals surface area contributed by atoms with E-state index in [1.807, 2.05) is 27.7 Å². The summed E-state index contributed by atoms with van der Waals surface area (Å²) in [6.45, 7) is 4.55. The van der Waals surface area contributed by atoms with Crippen LogP contribution in [-0.4, -0.2) is 39.3 Å². The zero-order chi connectivity index (χ0) is 21.3. The smallest absolute Gasteiger partial charge is 0.319 e. The maximum absolute atomic E-state index is 7.56. The molecule has 1 aromatic heterocycles. The third-order valence-corrected chi connectivity index (χ3v) is 1.38. The first-order valence-electron chi connectivity index (χ1n) is 7.20. The molecular weight excluding hydrogens is 430 g/mol. The highest BCUT2D eigenvalue weighted by molar-refractivity contribution is 8.06. The minimum atomic E-state index is -3.81. The molecule has 8 nitrogen and oxygen atoms in total. The van der Waals surface area contributed by atoms with Crippen LogP contribution in [-0.2, 0) is 30.0 Å². The van der Waals surface area contributed by atoms with E-state index in [9.17, 15) is 0 Å². The van der Waals surface area contributed by atoms with Crippen molar-refractivity contribution in [3.63, 3.8) is 0 Å². The summed E-state index contributed by atoms with van der Waals surface area (Å²) in [7, 11) is 0. The topological polar surface area (TPSA) is 147 Å². The summed E-state index contributed by atoms with van der Waals surface area (Å²) >= 11 is 12.9. The Kier molecular flexibility index (Phi) is 25.4. The molecule has 1 rings (SSSR count). The van der Waals surface area contributed by atoms with Crippen LogP contribution in [0.2, 0.25) is 5.15 Å². The fourth-order valence-electron chi connectivity index (χ4n) is 0.747. The van der Waals surface area contributed by atoms with Crippen LogP contribution in [0.25, 0.3) is 0 Å². The zero-order valence-corrected chi connectivity index (χ0v) is 19.3. The van der Waals surface area contributed by atoms with Crippen LogP contribution in [0.1, 0.15) is 52.6 Å². The summed E-state index contributed by atoms with van der Waals surface area (Å²) in [6.07, 6.45) is 2.08. The van der Waals surface area contributed by atoms with Crippen molar-refractivity contribution in [1.29, 1.82) is 0 Å². The lowest BCUT2D eigenvalue weighted by atomic mass is 10.4. The third kappa shape index (κ3) is 59.0. The fraction of sp³-hybridized carbons (Fsp3) is 0.667. The molecule has 13 heteroatoms. The van der Waals surface area contributed by atoms with E-state index in [0.717, 1.165) is 17.9 Å². The Morgan fingerprint density at radius 3 is 1.40 bits per heavy atom. The van der Waals surface area contributed by atoms with Crippen molar-refractivity contribution in [2.45, 2.75) is 54.4 Å². The summed E-state index contributed by atoms with van der Waals surface area (Å²) in [5, 5.41) is 0.532. The summed E-state index contributed by atoms with van der Waals surface area (Å²) in [5.41, 5.74) is 0.928. The Balaban J connectivity index is -0.000000126. The van der Waals surface area contributed by atoms with Crippen LogP contribution in [0.4, 0.5) is 0 Å². The van der Waals surface area contributed by atoms with Gasteiger partial charge in [-0.25, -0.2) is 9.97 Å². The maximum Gasteiger partial charge on any atom is 0.319 e. The summed E-state index contributed by atoms with van der Waals surface area (Å²) < 4.78 is 0. The van der Waals surface area contributed by atoms with Gasteiger partial charge in [0.2, 0.25) is 0 Å². The van der Waals surface area contributed by atoms with Gasteiger partial charge >= 0.3 is 13.4 Å². The Hall–Kier alpha value is 0.430. The minimum absolute atomic E-state index is 0.532. The van der Waals surface area contributed by atoms with Crippen LogP contribution in [0.5, 0.6) is 0 Å². The van der Waals surface area contributed by atoms with Gasteiger partial charge in [-0.15, -0.1) is 0 Å². The van der Waals surface area contributed by atoms with E-state index < -0.39 is 13.4 Å². The van der Waals surface area contributed by atoms with Crippen LogP contribution >= 0.6 is 25.0 Å². The van der Waals surface area contributed by atoms with Gasteiger partial charge in [-0.3, -0.25) is 0 Å². The van der Waals surface area contributed by atoms with Gasteiger partial charge in [0.1, 0.15) is 11.0 Å². The lowest BCUT2D eigenvalue weighted by Gasteiger charge is -1.96. The molecule has 1 heterocycles. The van der Waals surface area contributed by atoms with Crippen molar-refractivity contribution in [3.8, 4) is 0 Å². The average Bonchev–Trinajstić information content (AvgIpc) is 2.37. The van der Waals surface area contributed by atoms with E-state index in [4.69, 9.17) is 41.0 Å². The molecule has 0 aliphatic carbocycles. The molecular formula is C12H29ClN2O6P2S2. The first-order chi connectivity index (χ1) is 11.1. The second-order valence-corrected chi connectivity index (χ2v) is 9.22. The molecule has 0 radical (unpaired) electrons. The van der Waals surface area contributed by atoms with E-state index in [1.165, 1.54) is 6.42 Å². The molecule has 0 aliphatic heterocycles. The normalized spacial score (nSPS) is 9.64. The lowest BCUT2D eigenvalue weighted by Crippen LogP contribution is -1.94. The monoisotopic (exact) mass is 458 g/mol. The molecule has 0 fully saturated rings. The van der Waals surface area contributed by atoms with Crippen molar-refractivity contribution < 1.29 is 29.4 Å². The lowest BCUT2D eigenvalue weighted by molar-refractivity contribution is 0.361. The second kappa shape index (κ2) is 19.2. The van der Waals surface area contributed by atoms with Crippen molar-refractivity contribution in [1.82, 2.24) is 9.97 Å². The predicted molar refractivity (Wildman–Crippen MR) is 110 cm³/mol. The van der Waals surface area contributed by atoms with E-state index in [1.54, 1.807) is 6.07 Å². The number of hydrogen-bond acceptors (Lipinski definition) is 4. The SMILES string of the molecule is CC.CCC.CCc1nc(C)cc(Cl)n1.OP(O)(O)=S.OP(O)(O)=S. The van der Waals surface area contributed by atoms with Gasteiger partial charge in [-0.2, -0.15) is 0 Å². The van der Waals surface area contributed by atoms with E-state index in [0.29, 0.717) is 5.15 Å². The predicted octanol–water partition coefficient (Wildman–Crippen LogP) is 2.82. The Labute approximate surface area is 165 Å². The number of halogens is 1. The molecule has 0 aliphatic rings. The summed E-state index contributed by atoms with van der Waals surface area (Å²) in [4.78, 5) is 53.5. The Morgan fingerprint density at radius 1 is 0.920 bits per heavy atom. The van der Waals surface area contributed by atoms with Crippen LogP contribution in [0.3, 0.4) is 0 Å².